The largest absolute Gasteiger partial charge is 0.495 e. The van der Waals surface area contributed by atoms with Crippen LogP contribution in [0.25, 0.3) is 0 Å². The normalized spacial score (nSPS) is 14.4. The van der Waals surface area contributed by atoms with Crippen LogP contribution in [-0.2, 0) is 24.9 Å². The first-order valence-electron chi connectivity index (χ1n) is 9.91. The molecule has 7 nitrogen and oxygen atoms in total. The fourth-order valence-corrected chi connectivity index (χ4v) is 4.61. The lowest BCUT2D eigenvalue weighted by Crippen LogP contribution is -2.30. The number of hydrogen-bond donors (Lipinski definition) is 1. The summed E-state index contributed by atoms with van der Waals surface area (Å²) in [6.45, 7) is 8.67. The monoisotopic (exact) mass is 426 g/mol. The molecule has 0 atom stereocenters. The predicted octanol–water partition coefficient (Wildman–Crippen LogP) is 4.25. The van der Waals surface area contributed by atoms with Gasteiger partial charge in [0.15, 0.2) is 0 Å². The number of ether oxygens (including phenoxy) is 1. The van der Waals surface area contributed by atoms with Crippen molar-refractivity contribution >= 4 is 23.1 Å². The predicted molar refractivity (Wildman–Crippen MR) is 116 cm³/mol. The average Bonchev–Trinajstić information content (AvgIpc) is 3.34. The highest BCUT2D eigenvalue weighted by atomic mass is 32.1. The molecule has 4 heterocycles. The molecule has 0 saturated heterocycles. The second-order valence-corrected chi connectivity index (χ2v) is 9.49. The Bertz CT molecular complexity index is 1050. The van der Waals surface area contributed by atoms with Gasteiger partial charge in [0.1, 0.15) is 5.75 Å². The Morgan fingerprint density at radius 2 is 2.17 bits per heavy atom. The standard InChI is InChI=1S/C22H26N4O3S/c1-22(2,3)19-8-20(29-25-19)24-21(27)17-13-30-18-12-26(6-5-16(17)18)11-14-7-15(28-4)10-23-9-14/h7-10,13H,5-6,11-12H2,1-4H3,(H,24,27). The molecule has 1 amide bonds. The third-order valence-electron chi connectivity index (χ3n) is 5.20. The summed E-state index contributed by atoms with van der Waals surface area (Å²) >= 11 is 1.63. The van der Waals surface area contributed by atoms with E-state index < -0.39 is 0 Å². The lowest BCUT2D eigenvalue weighted by Gasteiger charge is -2.27. The highest BCUT2D eigenvalue weighted by molar-refractivity contribution is 7.10. The Hall–Kier alpha value is -2.71. The first-order chi connectivity index (χ1) is 14.3. The maximum atomic E-state index is 12.8. The molecule has 1 aliphatic heterocycles. The van der Waals surface area contributed by atoms with E-state index >= 15 is 0 Å². The van der Waals surface area contributed by atoms with Crippen molar-refractivity contribution in [1.82, 2.24) is 15.0 Å². The molecule has 0 spiro atoms. The Labute approximate surface area is 180 Å². The van der Waals surface area contributed by atoms with Crippen molar-refractivity contribution in [2.45, 2.75) is 45.7 Å². The second-order valence-electron chi connectivity index (χ2n) is 8.53. The molecular weight excluding hydrogens is 400 g/mol. The summed E-state index contributed by atoms with van der Waals surface area (Å²) in [5, 5.41) is 8.86. The van der Waals surface area contributed by atoms with Crippen molar-refractivity contribution in [2.75, 3.05) is 19.0 Å². The molecule has 30 heavy (non-hydrogen) atoms. The van der Waals surface area contributed by atoms with E-state index in [1.165, 1.54) is 4.88 Å². The molecule has 1 N–H and O–H groups in total. The molecule has 0 unspecified atom stereocenters. The summed E-state index contributed by atoms with van der Waals surface area (Å²) in [4.78, 5) is 20.7. The van der Waals surface area contributed by atoms with Crippen molar-refractivity contribution in [3.05, 3.63) is 57.2 Å². The molecule has 0 radical (unpaired) electrons. The first kappa shape index (κ1) is 20.6. The van der Waals surface area contributed by atoms with Gasteiger partial charge in [-0.25, -0.2) is 0 Å². The number of pyridine rings is 1. The summed E-state index contributed by atoms with van der Waals surface area (Å²) < 4.78 is 10.6. The van der Waals surface area contributed by atoms with Crippen LogP contribution < -0.4 is 10.1 Å². The van der Waals surface area contributed by atoms with Crippen molar-refractivity contribution in [3.63, 3.8) is 0 Å². The molecule has 3 aromatic rings. The fourth-order valence-electron chi connectivity index (χ4n) is 3.49. The van der Waals surface area contributed by atoms with Gasteiger partial charge < -0.3 is 9.26 Å². The minimum Gasteiger partial charge on any atom is -0.495 e. The van der Waals surface area contributed by atoms with E-state index in [0.29, 0.717) is 5.88 Å². The van der Waals surface area contributed by atoms with Crippen molar-refractivity contribution in [2.24, 2.45) is 0 Å². The lowest BCUT2D eigenvalue weighted by atomic mass is 9.92. The number of anilines is 1. The van der Waals surface area contributed by atoms with Crippen LogP contribution in [0.5, 0.6) is 5.75 Å². The van der Waals surface area contributed by atoms with Gasteiger partial charge >= 0.3 is 0 Å². The van der Waals surface area contributed by atoms with Crippen LogP contribution in [0, 0.1) is 0 Å². The number of carbonyl (C=O) groups excluding carboxylic acids is 1. The third kappa shape index (κ3) is 4.39. The summed E-state index contributed by atoms with van der Waals surface area (Å²) in [5.41, 5.74) is 3.66. The maximum Gasteiger partial charge on any atom is 0.259 e. The van der Waals surface area contributed by atoms with Crippen LogP contribution in [0.2, 0.25) is 0 Å². The molecule has 0 saturated carbocycles. The Morgan fingerprint density at radius 1 is 1.33 bits per heavy atom. The number of nitrogens with zero attached hydrogens (tertiary/aromatic N) is 3. The zero-order valence-electron chi connectivity index (χ0n) is 17.7. The number of nitrogens with one attached hydrogen (secondary N) is 1. The second kappa shape index (κ2) is 8.20. The lowest BCUT2D eigenvalue weighted by molar-refractivity contribution is 0.102. The minimum absolute atomic E-state index is 0.129. The Balaban J connectivity index is 1.43. The third-order valence-corrected chi connectivity index (χ3v) is 6.21. The van der Waals surface area contributed by atoms with E-state index in [1.54, 1.807) is 30.7 Å². The van der Waals surface area contributed by atoms with E-state index in [0.717, 1.165) is 54.2 Å². The van der Waals surface area contributed by atoms with Gasteiger partial charge in [0.05, 0.1) is 24.6 Å². The quantitative estimate of drug-likeness (QED) is 0.657. The van der Waals surface area contributed by atoms with Crippen molar-refractivity contribution < 1.29 is 14.1 Å². The summed E-state index contributed by atoms with van der Waals surface area (Å²) in [6.07, 6.45) is 4.41. The van der Waals surface area contributed by atoms with E-state index in [2.05, 4.69) is 41.1 Å². The zero-order chi connectivity index (χ0) is 21.3. The smallest absolute Gasteiger partial charge is 0.259 e. The van der Waals surface area contributed by atoms with Gasteiger partial charge in [0.2, 0.25) is 5.88 Å². The van der Waals surface area contributed by atoms with Gasteiger partial charge in [-0.15, -0.1) is 11.3 Å². The van der Waals surface area contributed by atoms with Crippen LogP contribution in [0.1, 0.15) is 52.8 Å². The number of hydrogen-bond acceptors (Lipinski definition) is 7. The number of thiophene rings is 1. The number of rotatable bonds is 5. The molecule has 0 aliphatic carbocycles. The molecule has 158 valence electrons. The van der Waals surface area contributed by atoms with Crippen LogP contribution in [0.3, 0.4) is 0 Å². The summed E-state index contributed by atoms with van der Waals surface area (Å²) in [7, 11) is 1.65. The number of aromatic nitrogens is 2. The highest BCUT2D eigenvalue weighted by Gasteiger charge is 2.25. The number of amides is 1. The van der Waals surface area contributed by atoms with Gasteiger partial charge in [0.25, 0.3) is 5.91 Å². The topological polar surface area (TPSA) is 80.5 Å². The van der Waals surface area contributed by atoms with Gasteiger partial charge in [-0.05, 0) is 23.6 Å². The van der Waals surface area contributed by atoms with Crippen LogP contribution in [0.4, 0.5) is 5.88 Å². The fraction of sp³-hybridized carbons (Fsp3) is 0.409. The Kier molecular flexibility index (Phi) is 5.62. The molecule has 0 fully saturated rings. The number of carbonyl (C=O) groups is 1. The minimum atomic E-state index is -0.144. The van der Waals surface area contributed by atoms with E-state index in [-0.39, 0.29) is 11.3 Å². The van der Waals surface area contributed by atoms with Crippen molar-refractivity contribution in [3.8, 4) is 5.75 Å². The van der Waals surface area contributed by atoms with E-state index in [1.807, 2.05) is 17.6 Å². The van der Waals surface area contributed by atoms with Crippen LogP contribution >= 0.6 is 11.3 Å². The Morgan fingerprint density at radius 3 is 2.90 bits per heavy atom. The average molecular weight is 427 g/mol. The number of methoxy groups -OCH3 is 1. The summed E-state index contributed by atoms with van der Waals surface area (Å²) in [5.74, 6) is 1.00. The van der Waals surface area contributed by atoms with E-state index in [9.17, 15) is 4.79 Å². The van der Waals surface area contributed by atoms with Gasteiger partial charge in [-0.2, -0.15) is 0 Å². The molecule has 3 aromatic heterocycles. The van der Waals surface area contributed by atoms with E-state index in [4.69, 9.17) is 9.26 Å². The first-order valence-corrected chi connectivity index (χ1v) is 10.8. The van der Waals surface area contributed by atoms with Gasteiger partial charge in [-0.3, -0.25) is 20.0 Å². The SMILES string of the molecule is COc1cncc(CN2CCc3c(C(=O)Nc4cc(C(C)(C)C)no4)csc3C2)c1. The van der Waals surface area contributed by atoms with Gasteiger partial charge in [-0.1, -0.05) is 25.9 Å². The summed E-state index contributed by atoms with van der Waals surface area (Å²) in [6, 6.07) is 3.81. The molecule has 8 heteroatoms. The molecule has 1 aliphatic rings. The highest BCUT2D eigenvalue weighted by Crippen LogP contribution is 2.31. The molecule has 4 rings (SSSR count). The maximum absolute atomic E-state index is 12.8. The molecule has 0 aromatic carbocycles. The van der Waals surface area contributed by atoms with Crippen LogP contribution in [-0.4, -0.2) is 34.6 Å². The molecule has 0 bridgehead atoms. The number of fused-ring (bicyclic) bond motifs is 1. The van der Waals surface area contributed by atoms with Gasteiger partial charge in [0, 0.05) is 47.6 Å². The van der Waals surface area contributed by atoms with Crippen LogP contribution in [0.15, 0.2) is 34.4 Å². The zero-order valence-corrected chi connectivity index (χ0v) is 18.5. The molecular formula is C22H26N4O3S. The van der Waals surface area contributed by atoms with Crippen molar-refractivity contribution in [1.29, 1.82) is 0 Å².